The predicted octanol–water partition coefficient (Wildman–Crippen LogP) is 5.28. The van der Waals surface area contributed by atoms with E-state index in [4.69, 9.17) is 4.74 Å². The molecular formula is C18H20F4O2. The van der Waals surface area contributed by atoms with E-state index >= 15 is 0 Å². The molecule has 2 fully saturated rings. The Kier molecular flexibility index (Phi) is 4.34. The Morgan fingerprint density at radius 1 is 1.04 bits per heavy atom. The summed E-state index contributed by atoms with van der Waals surface area (Å²) < 4.78 is 57.8. The molecule has 2 nitrogen and oxygen atoms in total. The van der Waals surface area contributed by atoms with Crippen LogP contribution in [0.3, 0.4) is 0 Å². The van der Waals surface area contributed by atoms with E-state index in [1.807, 2.05) is 0 Å². The van der Waals surface area contributed by atoms with Crippen LogP contribution in [0.25, 0.3) is 0 Å². The van der Waals surface area contributed by atoms with Gasteiger partial charge in [0.1, 0.15) is 0 Å². The highest BCUT2D eigenvalue weighted by Gasteiger charge is 2.46. The summed E-state index contributed by atoms with van der Waals surface area (Å²) >= 11 is 0. The number of ether oxygens (including phenoxy) is 1. The van der Waals surface area contributed by atoms with Crippen molar-refractivity contribution in [3.8, 4) is 0 Å². The van der Waals surface area contributed by atoms with E-state index in [1.54, 1.807) is 18.2 Å². The molecule has 2 saturated carbocycles. The maximum absolute atomic E-state index is 13.4. The van der Waals surface area contributed by atoms with Gasteiger partial charge in [0.05, 0.1) is 12.7 Å². The second-order valence-electron chi connectivity index (χ2n) is 6.93. The lowest BCUT2D eigenvalue weighted by atomic mass is 9.74. The lowest BCUT2D eigenvalue weighted by molar-refractivity contribution is -0.0868. The first-order valence-electron chi connectivity index (χ1n) is 8.19. The summed E-state index contributed by atoms with van der Waals surface area (Å²) in [5.74, 6) is -6.21. The van der Waals surface area contributed by atoms with E-state index in [-0.39, 0.29) is 50.4 Å². The molecule has 6 heteroatoms. The Morgan fingerprint density at radius 2 is 1.67 bits per heavy atom. The molecule has 0 aliphatic heterocycles. The van der Waals surface area contributed by atoms with Crippen LogP contribution in [0, 0.1) is 0 Å². The molecule has 1 aromatic carbocycles. The zero-order chi connectivity index (χ0) is 17.5. The van der Waals surface area contributed by atoms with Gasteiger partial charge in [0.15, 0.2) is 0 Å². The second kappa shape index (κ2) is 6.05. The summed E-state index contributed by atoms with van der Waals surface area (Å²) in [7, 11) is 1.27. The monoisotopic (exact) mass is 344 g/mol. The van der Waals surface area contributed by atoms with Crippen LogP contribution in [-0.2, 0) is 4.74 Å². The maximum Gasteiger partial charge on any atom is 0.338 e. The van der Waals surface area contributed by atoms with Crippen LogP contribution < -0.4 is 0 Å². The lowest BCUT2D eigenvalue weighted by Crippen LogP contribution is -2.33. The number of carbonyl (C=O) groups excluding carboxylic acids is 1. The molecule has 0 radical (unpaired) electrons. The molecule has 0 amide bonds. The summed E-state index contributed by atoms with van der Waals surface area (Å²) in [6.07, 6.45) is -0.282. The Hall–Kier alpha value is -1.59. The standard InChI is InChI=1S/C18H20F4O2/c1-24-16(23)14-3-2-12(13-9-18(21,22)10-13)8-15(14)11-4-6-17(19,20)7-5-11/h2-3,8,11,13H,4-7,9-10H2,1H3. The fourth-order valence-electron chi connectivity index (χ4n) is 3.72. The van der Waals surface area contributed by atoms with Gasteiger partial charge in [-0.3, -0.25) is 0 Å². The zero-order valence-electron chi connectivity index (χ0n) is 13.5. The molecule has 0 aromatic heterocycles. The molecule has 0 spiro atoms. The number of alkyl halides is 4. The number of halogens is 4. The first-order chi connectivity index (χ1) is 11.2. The van der Waals surface area contributed by atoms with Gasteiger partial charge >= 0.3 is 5.97 Å². The van der Waals surface area contributed by atoms with E-state index in [1.165, 1.54) is 7.11 Å². The van der Waals surface area contributed by atoms with E-state index in [0.717, 1.165) is 5.56 Å². The van der Waals surface area contributed by atoms with E-state index < -0.39 is 17.8 Å². The summed E-state index contributed by atoms with van der Waals surface area (Å²) in [6.45, 7) is 0. The lowest BCUT2D eigenvalue weighted by Gasteiger charge is -2.36. The summed E-state index contributed by atoms with van der Waals surface area (Å²) in [6, 6.07) is 5.01. The number of benzene rings is 1. The highest BCUT2D eigenvalue weighted by atomic mass is 19.3. The van der Waals surface area contributed by atoms with Crippen molar-refractivity contribution in [2.45, 2.75) is 62.2 Å². The van der Waals surface area contributed by atoms with Crippen LogP contribution in [0.15, 0.2) is 18.2 Å². The van der Waals surface area contributed by atoms with Crippen LogP contribution in [0.1, 0.15) is 71.8 Å². The van der Waals surface area contributed by atoms with E-state index in [2.05, 4.69) is 0 Å². The molecular weight excluding hydrogens is 324 g/mol. The first kappa shape index (κ1) is 17.2. The Morgan fingerprint density at radius 3 is 2.21 bits per heavy atom. The molecule has 0 saturated heterocycles. The highest BCUT2D eigenvalue weighted by Crippen LogP contribution is 2.49. The predicted molar refractivity (Wildman–Crippen MR) is 80.9 cm³/mol. The maximum atomic E-state index is 13.4. The van der Waals surface area contributed by atoms with Gasteiger partial charge in [0, 0.05) is 25.7 Å². The molecule has 2 aliphatic carbocycles. The molecule has 24 heavy (non-hydrogen) atoms. The third-order valence-corrected chi connectivity index (χ3v) is 5.20. The first-order valence-corrected chi connectivity index (χ1v) is 8.19. The summed E-state index contributed by atoms with van der Waals surface area (Å²) in [5, 5.41) is 0. The van der Waals surface area contributed by atoms with E-state index in [9.17, 15) is 22.4 Å². The quantitative estimate of drug-likeness (QED) is 0.551. The zero-order valence-corrected chi connectivity index (χ0v) is 13.5. The molecule has 0 atom stereocenters. The van der Waals surface area contributed by atoms with Crippen molar-refractivity contribution in [2.24, 2.45) is 0 Å². The number of hydrogen-bond donors (Lipinski definition) is 0. The molecule has 0 heterocycles. The SMILES string of the molecule is COC(=O)c1ccc(C2CC(F)(F)C2)cc1C1CCC(F)(F)CC1. The van der Waals surface area contributed by atoms with Gasteiger partial charge in [-0.05, 0) is 41.9 Å². The number of carbonyl (C=O) groups is 1. The number of methoxy groups -OCH3 is 1. The molecule has 0 unspecified atom stereocenters. The Balaban J connectivity index is 1.88. The summed E-state index contributed by atoms with van der Waals surface area (Å²) in [4.78, 5) is 12.0. The minimum atomic E-state index is -2.66. The topological polar surface area (TPSA) is 26.3 Å². The third-order valence-electron chi connectivity index (χ3n) is 5.20. The van der Waals surface area contributed by atoms with Crippen LogP contribution >= 0.6 is 0 Å². The Bertz CT molecular complexity index is 624. The molecule has 132 valence electrons. The van der Waals surface area contributed by atoms with Crippen molar-refractivity contribution in [2.75, 3.05) is 7.11 Å². The van der Waals surface area contributed by atoms with Gasteiger partial charge in [0.25, 0.3) is 0 Å². The average Bonchev–Trinajstić information content (AvgIpc) is 2.51. The van der Waals surface area contributed by atoms with Gasteiger partial charge in [-0.1, -0.05) is 12.1 Å². The van der Waals surface area contributed by atoms with E-state index in [0.29, 0.717) is 11.1 Å². The average molecular weight is 344 g/mol. The van der Waals surface area contributed by atoms with Crippen molar-refractivity contribution >= 4 is 5.97 Å². The summed E-state index contributed by atoms with van der Waals surface area (Å²) in [5.41, 5.74) is 1.76. The van der Waals surface area contributed by atoms with Gasteiger partial charge in [-0.2, -0.15) is 0 Å². The normalized spacial score (nSPS) is 23.5. The third kappa shape index (κ3) is 3.42. The van der Waals surface area contributed by atoms with Crippen LogP contribution in [0.5, 0.6) is 0 Å². The molecule has 1 aromatic rings. The molecule has 0 N–H and O–H groups in total. The smallest absolute Gasteiger partial charge is 0.338 e. The van der Waals surface area contributed by atoms with Gasteiger partial charge in [0.2, 0.25) is 11.8 Å². The van der Waals surface area contributed by atoms with Crippen molar-refractivity contribution in [3.63, 3.8) is 0 Å². The largest absolute Gasteiger partial charge is 0.465 e. The van der Waals surface area contributed by atoms with Crippen LogP contribution in [0.2, 0.25) is 0 Å². The number of hydrogen-bond acceptors (Lipinski definition) is 2. The van der Waals surface area contributed by atoms with Crippen molar-refractivity contribution < 1.29 is 27.1 Å². The fraction of sp³-hybridized carbons (Fsp3) is 0.611. The second-order valence-corrected chi connectivity index (χ2v) is 6.93. The van der Waals surface area contributed by atoms with Crippen LogP contribution in [-0.4, -0.2) is 24.9 Å². The van der Waals surface area contributed by atoms with Crippen molar-refractivity contribution in [3.05, 3.63) is 34.9 Å². The minimum absolute atomic E-state index is 0.167. The van der Waals surface area contributed by atoms with Gasteiger partial charge in [-0.15, -0.1) is 0 Å². The minimum Gasteiger partial charge on any atom is -0.465 e. The number of esters is 1. The highest BCUT2D eigenvalue weighted by molar-refractivity contribution is 5.91. The van der Waals surface area contributed by atoms with Crippen molar-refractivity contribution in [1.82, 2.24) is 0 Å². The van der Waals surface area contributed by atoms with Gasteiger partial charge in [-0.25, -0.2) is 22.4 Å². The molecule has 0 bridgehead atoms. The molecule has 3 rings (SSSR count). The Labute approximate surface area is 138 Å². The van der Waals surface area contributed by atoms with Gasteiger partial charge < -0.3 is 4.74 Å². The van der Waals surface area contributed by atoms with Crippen molar-refractivity contribution in [1.29, 1.82) is 0 Å². The number of rotatable bonds is 3. The molecule has 2 aliphatic rings. The fourth-order valence-corrected chi connectivity index (χ4v) is 3.72. The van der Waals surface area contributed by atoms with Crippen LogP contribution in [0.4, 0.5) is 17.6 Å².